The Labute approximate surface area is 217 Å². The molecule has 2 N–H and O–H groups in total. The lowest BCUT2D eigenvalue weighted by Gasteiger charge is -2.37. The highest BCUT2D eigenvalue weighted by atomic mass is 32.2. The average Bonchev–Trinajstić information content (AvgIpc) is 3.42. The first-order chi connectivity index (χ1) is 17.2. The number of aliphatic hydroxyl groups is 1. The molecule has 8 nitrogen and oxygen atoms in total. The van der Waals surface area contributed by atoms with E-state index in [0.717, 1.165) is 18.8 Å². The molecule has 0 aromatic heterocycles. The molecule has 0 aliphatic carbocycles. The van der Waals surface area contributed by atoms with Gasteiger partial charge in [-0.3, -0.25) is 14.4 Å². The van der Waals surface area contributed by atoms with E-state index in [2.05, 4.69) is 25.3 Å². The van der Waals surface area contributed by atoms with E-state index in [1.807, 2.05) is 31.2 Å². The van der Waals surface area contributed by atoms with E-state index < -0.39 is 33.3 Å². The molecule has 3 aliphatic rings. The molecular weight excluding hydrogens is 478 g/mol. The number of nitrogens with zero attached hydrogens (tertiary/aromatic N) is 3. The van der Waals surface area contributed by atoms with Crippen LogP contribution >= 0.6 is 11.8 Å². The summed E-state index contributed by atoms with van der Waals surface area (Å²) in [7, 11) is 0. The standard InChI is InChI=1S/C27H37N3O5S/c1-5-15-29(19-11-9-18(10-12-19)28(6-2)7-3)24(33)22-27-14-13-26(4,36-27)21(25(34)35)20(27)23(32)30(22)16-8-17-31/h5,9-12,20-22,31H,1,6-8,13-17H2,2-4H3,(H,34,35)/t20-,21+,22?,26-,27?/m0/s1. The second-order valence-electron chi connectivity index (χ2n) is 10.1. The number of rotatable bonds is 11. The second-order valence-corrected chi connectivity index (χ2v) is 12.0. The number of likely N-dealkylation sites (tertiary alicyclic amines) is 1. The number of thioether (sulfide) groups is 1. The molecule has 3 heterocycles. The lowest BCUT2D eigenvalue weighted by molar-refractivity contribution is -0.150. The molecule has 5 atom stereocenters. The van der Waals surface area contributed by atoms with Crippen LogP contribution in [0.5, 0.6) is 0 Å². The summed E-state index contributed by atoms with van der Waals surface area (Å²) in [5, 5.41) is 19.6. The van der Waals surface area contributed by atoms with E-state index in [0.29, 0.717) is 24.9 Å². The fraction of sp³-hybridized carbons (Fsp3) is 0.593. The summed E-state index contributed by atoms with van der Waals surface area (Å²) < 4.78 is -1.37. The first kappa shape index (κ1) is 26.5. The number of benzene rings is 1. The van der Waals surface area contributed by atoms with Crippen molar-refractivity contribution in [1.82, 2.24) is 4.90 Å². The van der Waals surface area contributed by atoms with Gasteiger partial charge in [0.2, 0.25) is 5.91 Å². The van der Waals surface area contributed by atoms with Crippen molar-refractivity contribution in [1.29, 1.82) is 0 Å². The van der Waals surface area contributed by atoms with Crippen LogP contribution in [0.25, 0.3) is 0 Å². The van der Waals surface area contributed by atoms with Crippen molar-refractivity contribution < 1.29 is 24.6 Å². The number of anilines is 2. The number of carbonyl (C=O) groups excluding carboxylic acids is 2. The van der Waals surface area contributed by atoms with Crippen molar-refractivity contribution in [2.24, 2.45) is 11.8 Å². The molecule has 3 saturated heterocycles. The fourth-order valence-corrected chi connectivity index (χ4v) is 8.94. The average molecular weight is 516 g/mol. The lowest BCUT2D eigenvalue weighted by atomic mass is 9.66. The van der Waals surface area contributed by atoms with Gasteiger partial charge in [0.1, 0.15) is 6.04 Å². The topological polar surface area (TPSA) is 101 Å². The molecule has 2 unspecified atom stereocenters. The van der Waals surface area contributed by atoms with Gasteiger partial charge in [-0.25, -0.2) is 0 Å². The van der Waals surface area contributed by atoms with Crippen molar-refractivity contribution >= 4 is 40.9 Å². The maximum Gasteiger partial charge on any atom is 0.308 e. The highest BCUT2D eigenvalue weighted by Gasteiger charge is 2.77. The van der Waals surface area contributed by atoms with Crippen LogP contribution in [0.1, 0.15) is 40.0 Å². The summed E-state index contributed by atoms with van der Waals surface area (Å²) in [5.74, 6) is -3.06. The number of aliphatic hydroxyl groups excluding tert-OH is 1. The summed E-state index contributed by atoms with van der Waals surface area (Å²) in [6.07, 6.45) is 3.26. The maximum atomic E-state index is 14.3. The van der Waals surface area contributed by atoms with Crippen LogP contribution < -0.4 is 9.80 Å². The SMILES string of the molecule is C=CCN(C(=O)C1N(CCCO)C(=O)[C@@H]2[C@H](C(=O)O)[C@]3(C)CCC12S3)c1ccc(N(CC)CC)cc1. The Bertz CT molecular complexity index is 1030. The Kier molecular flexibility index (Phi) is 7.44. The molecule has 0 radical (unpaired) electrons. The first-order valence-corrected chi connectivity index (χ1v) is 13.6. The van der Waals surface area contributed by atoms with E-state index in [1.165, 1.54) is 11.8 Å². The van der Waals surface area contributed by atoms with Gasteiger partial charge in [0.05, 0.1) is 16.6 Å². The Morgan fingerprint density at radius 2 is 1.83 bits per heavy atom. The van der Waals surface area contributed by atoms with Crippen LogP contribution in [0.2, 0.25) is 0 Å². The molecule has 9 heteroatoms. The number of carboxylic acids is 1. The molecular formula is C27H37N3O5S. The molecule has 3 fully saturated rings. The fourth-order valence-electron chi connectivity index (χ4n) is 6.59. The summed E-state index contributed by atoms with van der Waals surface area (Å²) in [6, 6.07) is 7.03. The molecule has 3 aliphatic heterocycles. The highest BCUT2D eigenvalue weighted by Crippen LogP contribution is 2.71. The minimum Gasteiger partial charge on any atom is -0.481 e. The summed E-state index contributed by atoms with van der Waals surface area (Å²) in [5.41, 5.74) is 1.78. The van der Waals surface area contributed by atoms with Crippen LogP contribution in [0.3, 0.4) is 0 Å². The molecule has 196 valence electrons. The largest absolute Gasteiger partial charge is 0.481 e. The van der Waals surface area contributed by atoms with E-state index in [1.54, 1.807) is 15.9 Å². The van der Waals surface area contributed by atoms with Gasteiger partial charge in [0.15, 0.2) is 0 Å². The van der Waals surface area contributed by atoms with Crippen LogP contribution in [-0.2, 0) is 14.4 Å². The van der Waals surface area contributed by atoms with E-state index in [-0.39, 0.29) is 31.5 Å². The van der Waals surface area contributed by atoms with Gasteiger partial charge in [0.25, 0.3) is 5.91 Å². The van der Waals surface area contributed by atoms with Crippen LogP contribution in [0.15, 0.2) is 36.9 Å². The smallest absolute Gasteiger partial charge is 0.308 e. The number of amides is 2. The quantitative estimate of drug-likeness (QED) is 0.437. The monoisotopic (exact) mass is 515 g/mol. The van der Waals surface area contributed by atoms with Gasteiger partial charge in [-0.2, -0.15) is 0 Å². The number of carboxylic acid groups (broad SMARTS) is 1. The molecule has 2 amide bonds. The lowest BCUT2D eigenvalue weighted by Crippen LogP contribution is -2.55. The van der Waals surface area contributed by atoms with Gasteiger partial charge in [-0.15, -0.1) is 18.3 Å². The Hall–Kier alpha value is -2.52. The van der Waals surface area contributed by atoms with Crippen molar-refractivity contribution in [3.8, 4) is 0 Å². The third-order valence-corrected chi connectivity index (χ3v) is 10.2. The van der Waals surface area contributed by atoms with Gasteiger partial charge in [-0.05, 0) is 64.3 Å². The molecule has 1 aromatic rings. The number of aliphatic carboxylic acids is 1. The zero-order chi connectivity index (χ0) is 26.3. The van der Waals surface area contributed by atoms with Gasteiger partial charge in [-0.1, -0.05) is 6.08 Å². The molecule has 0 saturated carbocycles. The summed E-state index contributed by atoms with van der Waals surface area (Å²) in [4.78, 5) is 45.8. The third-order valence-electron chi connectivity index (χ3n) is 8.20. The van der Waals surface area contributed by atoms with Crippen LogP contribution in [-0.4, -0.2) is 81.2 Å². The van der Waals surface area contributed by atoms with E-state index >= 15 is 0 Å². The van der Waals surface area contributed by atoms with Crippen molar-refractivity contribution in [3.63, 3.8) is 0 Å². The Morgan fingerprint density at radius 1 is 1.19 bits per heavy atom. The predicted molar refractivity (Wildman–Crippen MR) is 142 cm³/mol. The number of hydrogen-bond donors (Lipinski definition) is 2. The van der Waals surface area contributed by atoms with Gasteiger partial charge >= 0.3 is 5.97 Å². The highest BCUT2D eigenvalue weighted by molar-refractivity contribution is 8.02. The maximum absolute atomic E-state index is 14.3. The Morgan fingerprint density at radius 3 is 2.39 bits per heavy atom. The summed E-state index contributed by atoms with van der Waals surface area (Å²) >= 11 is 1.52. The zero-order valence-corrected chi connectivity index (χ0v) is 22.2. The first-order valence-electron chi connectivity index (χ1n) is 12.8. The van der Waals surface area contributed by atoms with Crippen molar-refractivity contribution in [3.05, 3.63) is 36.9 Å². The van der Waals surface area contributed by atoms with Crippen molar-refractivity contribution in [2.75, 3.05) is 42.6 Å². The molecule has 2 bridgehead atoms. The second kappa shape index (κ2) is 10.1. The number of carbonyl (C=O) groups is 3. The molecule has 36 heavy (non-hydrogen) atoms. The number of hydrogen-bond acceptors (Lipinski definition) is 6. The number of fused-ring (bicyclic) bond motifs is 1. The normalized spacial score (nSPS) is 30.4. The zero-order valence-electron chi connectivity index (χ0n) is 21.4. The molecule has 4 rings (SSSR count). The predicted octanol–water partition coefficient (Wildman–Crippen LogP) is 3.00. The van der Waals surface area contributed by atoms with Crippen molar-refractivity contribution in [2.45, 2.75) is 55.6 Å². The molecule has 1 aromatic carbocycles. The van der Waals surface area contributed by atoms with Gasteiger partial charge < -0.3 is 24.9 Å². The third kappa shape index (κ3) is 4.00. The van der Waals surface area contributed by atoms with E-state index in [4.69, 9.17) is 0 Å². The van der Waals surface area contributed by atoms with Crippen LogP contribution in [0, 0.1) is 11.8 Å². The molecule has 1 spiro atoms. The summed E-state index contributed by atoms with van der Waals surface area (Å²) in [6.45, 7) is 12.1. The van der Waals surface area contributed by atoms with E-state index in [9.17, 15) is 24.6 Å². The Balaban J connectivity index is 1.74. The minimum atomic E-state index is -0.977. The minimum absolute atomic E-state index is 0.112. The van der Waals surface area contributed by atoms with Crippen LogP contribution in [0.4, 0.5) is 11.4 Å². The van der Waals surface area contributed by atoms with Gasteiger partial charge in [0, 0.05) is 48.9 Å².